The Morgan fingerprint density at radius 3 is 2.57 bits per heavy atom. The van der Waals surface area contributed by atoms with Crippen molar-refractivity contribution in [3.05, 3.63) is 94.8 Å². The van der Waals surface area contributed by atoms with E-state index >= 15 is 0 Å². The Morgan fingerprint density at radius 2 is 1.86 bits per heavy atom. The van der Waals surface area contributed by atoms with E-state index in [-0.39, 0.29) is 10.9 Å². The lowest BCUT2D eigenvalue weighted by molar-refractivity contribution is -0.118. The van der Waals surface area contributed by atoms with E-state index in [0.717, 1.165) is 11.1 Å². The maximum absolute atomic E-state index is 13.4. The van der Waals surface area contributed by atoms with Crippen molar-refractivity contribution in [1.29, 1.82) is 0 Å². The van der Waals surface area contributed by atoms with Gasteiger partial charge >= 0.3 is 0 Å². The Balaban J connectivity index is 1.78. The van der Waals surface area contributed by atoms with Gasteiger partial charge in [-0.15, -0.1) is 0 Å². The number of hydrogen-bond acceptors (Lipinski definition) is 3. The molecule has 4 nitrogen and oxygen atoms in total. The highest BCUT2D eigenvalue weighted by atomic mass is 35.5. The van der Waals surface area contributed by atoms with Crippen LogP contribution in [0.25, 0.3) is 0 Å². The molecule has 1 unspecified atom stereocenters. The summed E-state index contributed by atoms with van der Waals surface area (Å²) in [5.41, 5.74) is 2.23. The van der Waals surface area contributed by atoms with Gasteiger partial charge in [0, 0.05) is 18.3 Å². The van der Waals surface area contributed by atoms with Crippen LogP contribution >= 0.6 is 11.6 Å². The first-order valence-electron chi connectivity index (χ1n) is 8.74. The fourth-order valence-electron chi connectivity index (χ4n) is 2.79. The van der Waals surface area contributed by atoms with Crippen LogP contribution in [0.2, 0.25) is 5.02 Å². The van der Waals surface area contributed by atoms with Gasteiger partial charge in [-0.2, -0.15) is 0 Å². The minimum absolute atomic E-state index is 0.0522. The van der Waals surface area contributed by atoms with Crippen LogP contribution in [0.3, 0.4) is 0 Å². The zero-order valence-electron chi connectivity index (χ0n) is 15.3. The largest absolute Gasteiger partial charge is 0.497 e. The summed E-state index contributed by atoms with van der Waals surface area (Å²) in [5.74, 6) is -0.0311. The third kappa shape index (κ3) is 5.09. The van der Waals surface area contributed by atoms with Crippen molar-refractivity contribution in [3.8, 4) is 5.75 Å². The number of methoxy groups -OCH3 is 1. The Labute approximate surface area is 168 Å². The number of anilines is 1. The summed E-state index contributed by atoms with van der Waals surface area (Å²) in [5, 5.41) is 6.18. The molecule has 6 heteroatoms. The predicted molar refractivity (Wildman–Crippen MR) is 109 cm³/mol. The van der Waals surface area contributed by atoms with Crippen LogP contribution in [0.15, 0.2) is 72.8 Å². The molecule has 0 aliphatic rings. The van der Waals surface area contributed by atoms with E-state index in [2.05, 4.69) is 10.6 Å². The first-order chi connectivity index (χ1) is 13.6. The lowest BCUT2D eigenvalue weighted by atomic mass is 10.1. The molecule has 0 aromatic heterocycles. The number of halogens is 2. The van der Waals surface area contributed by atoms with Crippen LogP contribution in [0.1, 0.15) is 17.2 Å². The molecular formula is C22H20ClFN2O2. The summed E-state index contributed by atoms with van der Waals surface area (Å²) in [4.78, 5) is 13.0. The van der Waals surface area contributed by atoms with Crippen LogP contribution in [0, 0.1) is 5.82 Å². The Morgan fingerprint density at radius 1 is 1.07 bits per heavy atom. The summed E-state index contributed by atoms with van der Waals surface area (Å²) in [6, 6.07) is 20.4. The van der Waals surface area contributed by atoms with Gasteiger partial charge in [-0.25, -0.2) is 4.39 Å². The van der Waals surface area contributed by atoms with Crippen LogP contribution in [0.5, 0.6) is 5.75 Å². The minimum Gasteiger partial charge on any atom is -0.497 e. The average Bonchev–Trinajstić information content (AvgIpc) is 2.71. The van der Waals surface area contributed by atoms with Crippen molar-refractivity contribution in [2.24, 2.45) is 0 Å². The Kier molecular flexibility index (Phi) is 6.63. The molecule has 0 fully saturated rings. The molecule has 1 atom stereocenters. The first kappa shape index (κ1) is 19.9. The molecule has 1 amide bonds. The van der Waals surface area contributed by atoms with Crippen molar-refractivity contribution in [2.75, 3.05) is 12.4 Å². The topological polar surface area (TPSA) is 50.4 Å². The summed E-state index contributed by atoms with van der Waals surface area (Å²) in [6.45, 7) is 0.352. The molecule has 0 aliphatic carbocycles. The maximum Gasteiger partial charge on any atom is 0.246 e. The second-order valence-corrected chi connectivity index (χ2v) is 6.60. The zero-order chi connectivity index (χ0) is 19.9. The number of ether oxygens (including phenoxy) is 1. The summed E-state index contributed by atoms with van der Waals surface area (Å²) < 4.78 is 18.6. The van der Waals surface area contributed by atoms with Gasteiger partial charge in [-0.3, -0.25) is 10.1 Å². The zero-order valence-corrected chi connectivity index (χ0v) is 16.0. The second kappa shape index (κ2) is 9.35. The molecule has 3 aromatic carbocycles. The summed E-state index contributed by atoms with van der Waals surface area (Å²) >= 11 is 5.85. The van der Waals surface area contributed by atoms with Crippen molar-refractivity contribution in [3.63, 3.8) is 0 Å². The van der Waals surface area contributed by atoms with Gasteiger partial charge in [-0.05, 0) is 35.4 Å². The van der Waals surface area contributed by atoms with E-state index in [4.69, 9.17) is 16.3 Å². The van der Waals surface area contributed by atoms with Gasteiger partial charge in [0.15, 0.2) is 0 Å². The molecule has 28 heavy (non-hydrogen) atoms. The smallest absolute Gasteiger partial charge is 0.246 e. The quantitative estimate of drug-likeness (QED) is 0.591. The van der Waals surface area contributed by atoms with Gasteiger partial charge in [-0.1, -0.05) is 54.1 Å². The first-order valence-corrected chi connectivity index (χ1v) is 9.12. The van der Waals surface area contributed by atoms with Gasteiger partial charge in [0.2, 0.25) is 5.91 Å². The molecule has 0 saturated carbocycles. The number of rotatable bonds is 7. The third-order valence-electron chi connectivity index (χ3n) is 4.23. The van der Waals surface area contributed by atoms with E-state index < -0.39 is 11.9 Å². The van der Waals surface area contributed by atoms with Crippen molar-refractivity contribution in [1.82, 2.24) is 5.32 Å². The molecule has 0 saturated heterocycles. The number of carbonyl (C=O) groups is 1. The molecule has 2 N–H and O–H groups in total. The van der Waals surface area contributed by atoms with Crippen LogP contribution in [0.4, 0.5) is 10.1 Å². The van der Waals surface area contributed by atoms with Crippen molar-refractivity contribution in [2.45, 2.75) is 12.6 Å². The number of hydrogen-bond donors (Lipinski definition) is 2. The number of carbonyl (C=O) groups excluding carboxylic acids is 1. The van der Waals surface area contributed by atoms with Gasteiger partial charge < -0.3 is 10.1 Å². The minimum atomic E-state index is -0.601. The van der Waals surface area contributed by atoms with E-state index in [9.17, 15) is 9.18 Å². The Bertz CT molecular complexity index is 950. The fraction of sp³-hybridized carbons (Fsp3) is 0.136. The van der Waals surface area contributed by atoms with Crippen LogP contribution < -0.4 is 15.4 Å². The van der Waals surface area contributed by atoms with E-state index in [1.807, 2.05) is 30.3 Å². The van der Waals surface area contributed by atoms with E-state index in [1.54, 1.807) is 43.5 Å². The number of benzene rings is 3. The van der Waals surface area contributed by atoms with Crippen LogP contribution in [-0.4, -0.2) is 13.0 Å². The summed E-state index contributed by atoms with van der Waals surface area (Å²) in [6.07, 6.45) is 0. The van der Waals surface area contributed by atoms with E-state index in [0.29, 0.717) is 18.0 Å². The third-order valence-corrected chi connectivity index (χ3v) is 4.52. The maximum atomic E-state index is 13.4. The molecule has 144 valence electrons. The SMILES string of the molecule is COc1cccc(NC(=O)C(NCc2ccc(F)c(Cl)c2)c2ccccc2)c1. The molecule has 3 aromatic rings. The average molecular weight is 399 g/mol. The molecule has 0 spiro atoms. The Hall–Kier alpha value is -2.89. The fourth-order valence-corrected chi connectivity index (χ4v) is 3.00. The predicted octanol–water partition coefficient (Wildman–Crippen LogP) is 4.96. The van der Waals surface area contributed by atoms with Gasteiger partial charge in [0.05, 0.1) is 12.1 Å². The lowest BCUT2D eigenvalue weighted by Gasteiger charge is -2.19. The van der Waals surface area contributed by atoms with Gasteiger partial charge in [0.25, 0.3) is 0 Å². The monoisotopic (exact) mass is 398 g/mol. The second-order valence-electron chi connectivity index (χ2n) is 6.19. The normalized spacial score (nSPS) is 11.7. The highest BCUT2D eigenvalue weighted by Crippen LogP contribution is 2.21. The standard InChI is InChI=1S/C22H20ClFN2O2/c1-28-18-9-5-8-17(13-18)26-22(27)21(16-6-3-2-4-7-16)25-14-15-10-11-20(24)19(23)12-15/h2-13,21,25H,14H2,1H3,(H,26,27). The van der Waals surface area contributed by atoms with Crippen molar-refractivity contribution >= 4 is 23.2 Å². The highest BCUT2D eigenvalue weighted by molar-refractivity contribution is 6.30. The molecule has 0 bridgehead atoms. The summed E-state index contributed by atoms with van der Waals surface area (Å²) in [7, 11) is 1.57. The molecule has 0 radical (unpaired) electrons. The van der Waals surface area contributed by atoms with Crippen molar-refractivity contribution < 1.29 is 13.9 Å². The highest BCUT2D eigenvalue weighted by Gasteiger charge is 2.20. The van der Waals surface area contributed by atoms with E-state index in [1.165, 1.54) is 6.07 Å². The number of amides is 1. The molecule has 3 rings (SSSR count). The van der Waals surface area contributed by atoms with Gasteiger partial charge in [0.1, 0.15) is 17.6 Å². The lowest BCUT2D eigenvalue weighted by Crippen LogP contribution is -2.32. The molecular weight excluding hydrogens is 379 g/mol. The molecule has 0 heterocycles. The van der Waals surface area contributed by atoms with Crippen LogP contribution in [-0.2, 0) is 11.3 Å². The number of nitrogens with one attached hydrogen (secondary N) is 2. The molecule has 0 aliphatic heterocycles.